The number of rotatable bonds is 5. The zero-order valence-electron chi connectivity index (χ0n) is 14.0. The summed E-state index contributed by atoms with van der Waals surface area (Å²) in [5.74, 6) is 0.847. The molecule has 0 amide bonds. The second kappa shape index (κ2) is 7.04. The van der Waals surface area contributed by atoms with E-state index in [1.807, 2.05) is 13.8 Å². The Labute approximate surface area is 143 Å². The molecule has 0 saturated carbocycles. The molecule has 0 unspecified atom stereocenters. The van der Waals surface area contributed by atoms with Crippen LogP contribution < -0.4 is 20.9 Å². The molecule has 2 aromatic rings. The Kier molecular flexibility index (Phi) is 5.24. The predicted octanol–water partition coefficient (Wildman–Crippen LogP) is 3.81. The van der Waals surface area contributed by atoms with E-state index in [2.05, 4.69) is 9.97 Å². The quantitative estimate of drug-likeness (QED) is 0.846. The summed E-state index contributed by atoms with van der Waals surface area (Å²) < 4.78 is 47.8. The average molecular weight is 356 g/mol. The summed E-state index contributed by atoms with van der Waals surface area (Å²) in [4.78, 5) is 7.63. The molecule has 136 valence electrons. The third-order valence-corrected chi connectivity index (χ3v) is 3.34. The SMILES string of the molecule is Cc1cc(Oc2cnc(N)nc2N)c(C(C)C)cc1OCC(F)(F)F. The summed E-state index contributed by atoms with van der Waals surface area (Å²) in [7, 11) is 0. The summed E-state index contributed by atoms with van der Waals surface area (Å²) in [6.45, 7) is 4.04. The van der Waals surface area contributed by atoms with Gasteiger partial charge in [-0.05, 0) is 30.5 Å². The van der Waals surface area contributed by atoms with Crippen molar-refractivity contribution in [2.45, 2.75) is 32.9 Å². The number of nitrogens with two attached hydrogens (primary N) is 2. The van der Waals surface area contributed by atoms with Gasteiger partial charge in [-0.2, -0.15) is 18.2 Å². The largest absolute Gasteiger partial charge is 0.484 e. The molecule has 0 aliphatic rings. The lowest BCUT2D eigenvalue weighted by Crippen LogP contribution is -2.19. The fraction of sp³-hybridized carbons (Fsp3) is 0.375. The Bertz CT molecular complexity index is 764. The maximum absolute atomic E-state index is 12.4. The van der Waals surface area contributed by atoms with E-state index in [4.69, 9.17) is 20.9 Å². The number of halogens is 3. The summed E-state index contributed by atoms with van der Waals surface area (Å²) in [5, 5.41) is 0. The number of anilines is 2. The summed E-state index contributed by atoms with van der Waals surface area (Å²) in [5.41, 5.74) is 12.4. The van der Waals surface area contributed by atoms with E-state index in [0.717, 1.165) is 0 Å². The summed E-state index contributed by atoms with van der Waals surface area (Å²) in [6, 6.07) is 3.13. The molecule has 1 aromatic carbocycles. The van der Waals surface area contributed by atoms with Gasteiger partial charge in [-0.25, -0.2) is 4.98 Å². The topological polar surface area (TPSA) is 96.3 Å². The lowest BCUT2D eigenvalue weighted by atomic mass is 9.99. The number of aryl methyl sites for hydroxylation is 1. The normalized spacial score (nSPS) is 11.6. The van der Waals surface area contributed by atoms with Crippen LogP contribution >= 0.6 is 0 Å². The Morgan fingerprint density at radius 3 is 2.36 bits per heavy atom. The van der Waals surface area contributed by atoms with Crippen molar-refractivity contribution in [3.8, 4) is 17.2 Å². The van der Waals surface area contributed by atoms with Crippen molar-refractivity contribution in [2.75, 3.05) is 18.1 Å². The maximum Gasteiger partial charge on any atom is 0.422 e. The molecule has 0 atom stereocenters. The van der Waals surface area contributed by atoms with E-state index in [1.54, 1.807) is 13.0 Å². The molecule has 1 heterocycles. The lowest BCUT2D eigenvalue weighted by Gasteiger charge is -2.18. The van der Waals surface area contributed by atoms with Crippen molar-refractivity contribution in [1.29, 1.82) is 0 Å². The third kappa shape index (κ3) is 4.88. The van der Waals surface area contributed by atoms with Gasteiger partial charge >= 0.3 is 6.18 Å². The minimum atomic E-state index is -4.41. The van der Waals surface area contributed by atoms with Gasteiger partial charge in [0.15, 0.2) is 18.2 Å². The Morgan fingerprint density at radius 2 is 1.80 bits per heavy atom. The maximum atomic E-state index is 12.4. The molecule has 0 aliphatic heterocycles. The van der Waals surface area contributed by atoms with E-state index in [1.165, 1.54) is 12.3 Å². The lowest BCUT2D eigenvalue weighted by molar-refractivity contribution is -0.153. The van der Waals surface area contributed by atoms with E-state index < -0.39 is 12.8 Å². The molecule has 0 fully saturated rings. The number of hydrogen-bond donors (Lipinski definition) is 2. The molecule has 0 saturated heterocycles. The van der Waals surface area contributed by atoms with Crippen molar-refractivity contribution in [3.63, 3.8) is 0 Å². The molecule has 0 radical (unpaired) electrons. The highest BCUT2D eigenvalue weighted by atomic mass is 19.4. The van der Waals surface area contributed by atoms with E-state index in [0.29, 0.717) is 16.9 Å². The second-order valence-electron chi connectivity index (χ2n) is 5.79. The van der Waals surface area contributed by atoms with Crippen LogP contribution in [0.15, 0.2) is 18.3 Å². The molecule has 1 aromatic heterocycles. The smallest absolute Gasteiger partial charge is 0.422 e. The van der Waals surface area contributed by atoms with Crippen LogP contribution in [0.2, 0.25) is 0 Å². The molecule has 0 spiro atoms. The van der Waals surface area contributed by atoms with Gasteiger partial charge in [0, 0.05) is 5.56 Å². The van der Waals surface area contributed by atoms with Gasteiger partial charge in [0.1, 0.15) is 11.5 Å². The standard InChI is InChI=1S/C16H19F3N4O2/c1-8(2)10-5-11(24-7-16(17,18)19)9(3)4-12(10)25-13-6-22-15(21)23-14(13)20/h4-6,8H,7H2,1-3H3,(H4,20,21,22,23). The van der Waals surface area contributed by atoms with Gasteiger partial charge in [-0.3, -0.25) is 0 Å². The molecule has 25 heavy (non-hydrogen) atoms. The highest BCUT2D eigenvalue weighted by Gasteiger charge is 2.29. The highest BCUT2D eigenvalue weighted by molar-refractivity contribution is 5.53. The third-order valence-electron chi connectivity index (χ3n) is 3.34. The fourth-order valence-electron chi connectivity index (χ4n) is 2.13. The first-order valence-electron chi connectivity index (χ1n) is 7.46. The van der Waals surface area contributed by atoms with Crippen LogP contribution in [0.1, 0.15) is 30.9 Å². The van der Waals surface area contributed by atoms with E-state index in [-0.39, 0.29) is 29.2 Å². The van der Waals surface area contributed by atoms with Gasteiger partial charge in [0.2, 0.25) is 5.95 Å². The average Bonchev–Trinajstić information content (AvgIpc) is 2.48. The van der Waals surface area contributed by atoms with Gasteiger partial charge in [0.05, 0.1) is 6.20 Å². The first-order valence-corrected chi connectivity index (χ1v) is 7.46. The number of ether oxygens (including phenoxy) is 2. The summed E-state index contributed by atoms with van der Waals surface area (Å²) >= 11 is 0. The minimum Gasteiger partial charge on any atom is -0.484 e. The number of alkyl halides is 3. The van der Waals surface area contributed by atoms with Crippen LogP contribution in [-0.2, 0) is 0 Å². The van der Waals surface area contributed by atoms with E-state index in [9.17, 15) is 13.2 Å². The Hall–Kier alpha value is -2.71. The monoisotopic (exact) mass is 356 g/mol. The Balaban J connectivity index is 2.36. The van der Waals surface area contributed by atoms with E-state index >= 15 is 0 Å². The van der Waals surface area contributed by atoms with Crippen LogP contribution in [0.25, 0.3) is 0 Å². The van der Waals surface area contributed by atoms with Crippen LogP contribution in [0.3, 0.4) is 0 Å². The molecule has 9 heteroatoms. The van der Waals surface area contributed by atoms with Crippen LogP contribution in [-0.4, -0.2) is 22.8 Å². The number of hydrogen-bond acceptors (Lipinski definition) is 6. The molecular formula is C16H19F3N4O2. The van der Waals surface area contributed by atoms with Gasteiger partial charge in [0.25, 0.3) is 0 Å². The number of benzene rings is 1. The molecule has 2 rings (SSSR count). The highest BCUT2D eigenvalue weighted by Crippen LogP contribution is 2.37. The zero-order chi connectivity index (χ0) is 18.8. The molecule has 0 bridgehead atoms. The number of aromatic nitrogens is 2. The van der Waals surface area contributed by atoms with Crippen LogP contribution in [0.5, 0.6) is 17.2 Å². The van der Waals surface area contributed by atoms with Crippen LogP contribution in [0.4, 0.5) is 24.9 Å². The van der Waals surface area contributed by atoms with Crippen molar-refractivity contribution in [3.05, 3.63) is 29.5 Å². The molecule has 4 N–H and O–H groups in total. The van der Waals surface area contributed by atoms with Crippen molar-refractivity contribution in [1.82, 2.24) is 9.97 Å². The minimum absolute atomic E-state index is 0.0148. The van der Waals surface area contributed by atoms with Crippen molar-refractivity contribution >= 4 is 11.8 Å². The Morgan fingerprint density at radius 1 is 1.12 bits per heavy atom. The first-order chi connectivity index (χ1) is 11.6. The van der Waals surface area contributed by atoms with Gasteiger partial charge in [-0.15, -0.1) is 0 Å². The van der Waals surface area contributed by atoms with Gasteiger partial charge in [-0.1, -0.05) is 13.8 Å². The second-order valence-corrected chi connectivity index (χ2v) is 5.79. The van der Waals surface area contributed by atoms with Crippen molar-refractivity contribution < 1.29 is 22.6 Å². The number of nitrogens with zero attached hydrogens (tertiary/aromatic N) is 2. The molecule has 0 aliphatic carbocycles. The molecule has 6 nitrogen and oxygen atoms in total. The zero-order valence-corrected chi connectivity index (χ0v) is 14.0. The van der Waals surface area contributed by atoms with Crippen LogP contribution in [0, 0.1) is 6.92 Å². The fourth-order valence-corrected chi connectivity index (χ4v) is 2.13. The van der Waals surface area contributed by atoms with Gasteiger partial charge < -0.3 is 20.9 Å². The predicted molar refractivity (Wildman–Crippen MR) is 87.7 cm³/mol. The van der Waals surface area contributed by atoms with Crippen molar-refractivity contribution in [2.24, 2.45) is 0 Å². The summed E-state index contributed by atoms with van der Waals surface area (Å²) in [6.07, 6.45) is -3.07. The first kappa shape index (κ1) is 18.6. The molecular weight excluding hydrogens is 337 g/mol. The number of nitrogen functional groups attached to an aromatic ring is 2.